The van der Waals surface area contributed by atoms with Gasteiger partial charge in [0.05, 0.1) is 68.1 Å². The molecule has 0 aromatic heterocycles. The van der Waals surface area contributed by atoms with Gasteiger partial charge >= 0.3 is 23.9 Å². The van der Waals surface area contributed by atoms with Crippen LogP contribution in [0.15, 0.2) is 35.5 Å². The monoisotopic (exact) mass is 808 g/mol. The van der Waals surface area contributed by atoms with Crippen LogP contribution in [0.1, 0.15) is 113 Å². The Kier molecular flexibility index (Phi) is 14.7. The second-order valence-corrected chi connectivity index (χ2v) is 18.3. The number of aliphatic hydroxyl groups is 4. The summed E-state index contributed by atoms with van der Waals surface area (Å²) in [5, 5.41) is 46.7. The van der Waals surface area contributed by atoms with Crippen molar-refractivity contribution in [2.24, 2.45) is 16.2 Å². The molecule has 57 heavy (non-hydrogen) atoms. The number of hydrogen-bond donors (Lipinski definition) is 4. The minimum absolute atomic E-state index is 0.0656. The number of hydrogen-bond acceptors (Lipinski definition) is 15. The van der Waals surface area contributed by atoms with Crippen LogP contribution in [0, 0.1) is 16.2 Å². The van der Waals surface area contributed by atoms with Crippen LogP contribution in [0.25, 0.3) is 0 Å². The molecule has 0 aliphatic carbocycles. The molecule has 0 unspecified atom stereocenters. The summed E-state index contributed by atoms with van der Waals surface area (Å²) in [6, 6.07) is 0. The van der Waals surface area contributed by atoms with E-state index < -0.39 is 107 Å². The maximum absolute atomic E-state index is 13.3. The Balaban J connectivity index is 1.82. The summed E-state index contributed by atoms with van der Waals surface area (Å²) in [5.74, 6) is -6.44. The topological polar surface area (TPSA) is 214 Å². The molecule has 4 rings (SSSR count). The van der Waals surface area contributed by atoms with Crippen LogP contribution in [0.5, 0.6) is 0 Å². The second kappa shape index (κ2) is 18.0. The molecule has 0 saturated carbocycles. The Hall–Kier alpha value is -3.18. The van der Waals surface area contributed by atoms with Gasteiger partial charge in [-0.3, -0.25) is 9.59 Å². The highest BCUT2D eigenvalue weighted by Crippen LogP contribution is 2.50. The van der Waals surface area contributed by atoms with E-state index in [-0.39, 0.29) is 51.4 Å². The highest BCUT2D eigenvalue weighted by Gasteiger charge is 2.58. The molecule has 4 aliphatic heterocycles. The number of carbonyl (C=O) groups is 4. The fourth-order valence-electron chi connectivity index (χ4n) is 7.84. The summed E-state index contributed by atoms with van der Waals surface area (Å²) < 4.78 is 40.9. The first-order chi connectivity index (χ1) is 26.3. The zero-order valence-corrected chi connectivity index (χ0v) is 35.1. The molecule has 15 heteroatoms. The minimum Gasteiger partial charge on any atom is -0.466 e. The predicted molar refractivity (Wildman–Crippen MR) is 204 cm³/mol. The van der Waals surface area contributed by atoms with Crippen molar-refractivity contribution in [3.05, 3.63) is 35.5 Å². The Morgan fingerprint density at radius 1 is 0.860 bits per heavy atom. The summed E-state index contributed by atoms with van der Waals surface area (Å²) >= 11 is 0. The van der Waals surface area contributed by atoms with Crippen LogP contribution in [-0.4, -0.2) is 119 Å². The number of ether oxygens (including phenoxy) is 7. The van der Waals surface area contributed by atoms with E-state index in [9.17, 15) is 39.6 Å². The first kappa shape index (κ1) is 46.5. The van der Waals surface area contributed by atoms with Crippen molar-refractivity contribution in [1.29, 1.82) is 0 Å². The average molecular weight is 809 g/mol. The first-order valence-corrected chi connectivity index (χ1v) is 19.8. The van der Waals surface area contributed by atoms with Gasteiger partial charge in [-0.15, -0.1) is 0 Å². The number of rotatable bonds is 4. The SMILES string of the molecule is COC(=O)C=C1C[C@H]2C[C@H]([C@@H](C)O)OC(=O)C[C@H](O)C[C@@H]3C[C@H](OC(=O)C(C)(C)C)C(C)(C)[C@](O)(C[C@@H]4C/C(=C\C(=O)OC)C[C@H](/C=C\C(C)(C)[C@@](O)(C1)O2)O4)O3. The molecule has 6 bridgehead atoms. The molecule has 322 valence electrons. The molecule has 4 aliphatic rings. The maximum atomic E-state index is 13.3. The van der Waals surface area contributed by atoms with Gasteiger partial charge in [0.2, 0.25) is 0 Å². The molecule has 0 radical (unpaired) electrons. The van der Waals surface area contributed by atoms with Crippen LogP contribution in [0.3, 0.4) is 0 Å². The third-order valence-corrected chi connectivity index (χ3v) is 11.7. The molecule has 15 nitrogen and oxygen atoms in total. The van der Waals surface area contributed by atoms with Gasteiger partial charge in [-0.05, 0) is 47.0 Å². The van der Waals surface area contributed by atoms with Gasteiger partial charge < -0.3 is 53.6 Å². The van der Waals surface area contributed by atoms with Crippen molar-refractivity contribution in [3.63, 3.8) is 0 Å². The lowest BCUT2D eigenvalue weighted by Gasteiger charge is -2.54. The molecule has 0 aromatic rings. The second-order valence-electron chi connectivity index (χ2n) is 18.3. The number of fused-ring (bicyclic) bond motifs is 6. The molecule has 0 spiro atoms. The third-order valence-electron chi connectivity index (χ3n) is 11.7. The van der Waals surface area contributed by atoms with Gasteiger partial charge in [-0.2, -0.15) is 0 Å². The number of methoxy groups -OCH3 is 2. The lowest BCUT2D eigenvalue weighted by molar-refractivity contribution is -0.349. The summed E-state index contributed by atoms with van der Waals surface area (Å²) in [7, 11) is 2.51. The van der Waals surface area contributed by atoms with Gasteiger partial charge in [0.25, 0.3) is 0 Å². The number of aliphatic hydroxyl groups excluding tert-OH is 2. The number of cyclic esters (lactones) is 1. The molecule has 0 amide bonds. The number of esters is 4. The van der Waals surface area contributed by atoms with E-state index >= 15 is 0 Å². The Morgan fingerprint density at radius 3 is 2.05 bits per heavy atom. The normalized spacial score (nSPS) is 37.6. The Morgan fingerprint density at radius 2 is 1.46 bits per heavy atom. The summed E-state index contributed by atoms with van der Waals surface area (Å²) in [6.07, 6.45) is -1.65. The Bertz CT molecular complexity index is 1570. The van der Waals surface area contributed by atoms with Gasteiger partial charge in [0.1, 0.15) is 12.2 Å². The Labute approximate surface area is 335 Å². The highest BCUT2D eigenvalue weighted by atomic mass is 16.6. The predicted octanol–water partition coefficient (Wildman–Crippen LogP) is 3.87. The number of carbonyl (C=O) groups excluding carboxylic acids is 4. The molecule has 0 aromatic carbocycles. The van der Waals surface area contributed by atoms with Gasteiger partial charge in [-0.1, -0.05) is 51.0 Å². The van der Waals surface area contributed by atoms with Crippen molar-refractivity contribution in [1.82, 2.24) is 0 Å². The quantitative estimate of drug-likeness (QED) is 0.137. The van der Waals surface area contributed by atoms with Crippen LogP contribution >= 0.6 is 0 Å². The molecular weight excluding hydrogens is 744 g/mol. The fourth-order valence-corrected chi connectivity index (χ4v) is 7.84. The molecular formula is C42H64O15. The van der Waals surface area contributed by atoms with Crippen molar-refractivity contribution < 1.29 is 72.8 Å². The molecule has 3 fully saturated rings. The fraction of sp³-hybridized carbons (Fsp3) is 0.762. The van der Waals surface area contributed by atoms with E-state index in [1.54, 1.807) is 60.6 Å². The molecule has 4 N–H and O–H groups in total. The van der Waals surface area contributed by atoms with Crippen LogP contribution in [-0.2, 0) is 52.3 Å². The summed E-state index contributed by atoms with van der Waals surface area (Å²) in [6.45, 7) is 13.5. The summed E-state index contributed by atoms with van der Waals surface area (Å²) in [5.41, 5.74) is -2.05. The van der Waals surface area contributed by atoms with E-state index in [0.717, 1.165) is 0 Å². The summed E-state index contributed by atoms with van der Waals surface area (Å²) in [4.78, 5) is 51.4. The average Bonchev–Trinajstić information content (AvgIpc) is 3.08. The molecule has 4 heterocycles. The van der Waals surface area contributed by atoms with Crippen LogP contribution in [0.2, 0.25) is 0 Å². The smallest absolute Gasteiger partial charge is 0.330 e. The van der Waals surface area contributed by atoms with Crippen molar-refractivity contribution in [3.8, 4) is 0 Å². The van der Waals surface area contributed by atoms with Crippen molar-refractivity contribution in [2.45, 2.75) is 174 Å². The lowest BCUT2D eigenvalue weighted by Crippen LogP contribution is -2.62. The zero-order chi connectivity index (χ0) is 42.7. The van der Waals surface area contributed by atoms with Crippen molar-refractivity contribution in [2.75, 3.05) is 14.2 Å². The third kappa shape index (κ3) is 11.5. The molecule has 3 saturated heterocycles. The van der Waals surface area contributed by atoms with Crippen molar-refractivity contribution >= 4 is 23.9 Å². The van der Waals surface area contributed by atoms with Gasteiger partial charge in [0, 0.05) is 49.7 Å². The lowest BCUT2D eigenvalue weighted by atomic mass is 9.70. The zero-order valence-electron chi connectivity index (χ0n) is 35.1. The van der Waals surface area contributed by atoms with Crippen LogP contribution < -0.4 is 0 Å². The highest BCUT2D eigenvalue weighted by molar-refractivity contribution is 5.83. The maximum Gasteiger partial charge on any atom is 0.330 e. The van der Waals surface area contributed by atoms with Crippen LogP contribution in [0.4, 0.5) is 0 Å². The van der Waals surface area contributed by atoms with Gasteiger partial charge in [0.15, 0.2) is 11.6 Å². The van der Waals surface area contributed by atoms with E-state index in [0.29, 0.717) is 11.1 Å². The first-order valence-electron chi connectivity index (χ1n) is 19.8. The minimum atomic E-state index is -2.01. The van der Waals surface area contributed by atoms with E-state index in [1.165, 1.54) is 33.3 Å². The standard InChI is InChI=1S/C42H64O15/c1-24(43)32-20-29-15-26(17-35(46)52-10)22-41(49,56-29)39(5,6)12-11-28-13-25(16-34(45)51-9)14-31(53-28)23-42(50)40(7,8)33(55-37(48)38(2,3)4)21-30(57-42)18-27(44)19-36(47)54-32/h11-12,16-17,24,27-33,43-44,49-50H,13-15,18-23H2,1-10H3/b12-11-,25-16-,26-17?/t24-,27-,28+,29+,30-,31+,32-,33+,41-,42+/m1/s1. The largest absolute Gasteiger partial charge is 0.466 e. The van der Waals surface area contributed by atoms with Gasteiger partial charge in [-0.25, -0.2) is 9.59 Å². The van der Waals surface area contributed by atoms with E-state index in [1.807, 2.05) is 0 Å². The van der Waals surface area contributed by atoms with E-state index in [4.69, 9.17) is 33.2 Å². The molecule has 10 atom stereocenters. The van der Waals surface area contributed by atoms with E-state index in [2.05, 4.69) is 0 Å².